The Labute approximate surface area is 126 Å². The molecule has 3 rings (SSSR count). The van der Waals surface area contributed by atoms with Crippen molar-refractivity contribution in [1.29, 1.82) is 0 Å². The third kappa shape index (κ3) is 2.72. The minimum absolute atomic E-state index is 0.173. The molecule has 2 N–H and O–H groups in total. The Morgan fingerprint density at radius 3 is 2.95 bits per heavy atom. The van der Waals surface area contributed by atoms with E-state index in [2.05, 4.69) is 27.9 Å². The lowest BCUT2D eigenvalue weighted by molar-refractivity contribution is 0.627. The quantitative estimate of drug-likeness (QED) is 0.786. The molecule has 0 fully saturated rings. The van der Waals surface area contributed by atoms with Crippen LogP contribution in [0.4, 0.5) is 0 Å². The van der Waals surface area contributed by atoms with E-state index in [1.165, 1.54) is 5.69 Å². The van der Waals surface area contributed by atoms with E-state index >= 15 is 0 Å². The number of nitrogens with two attached hydrogens (primary N) is 1. The summed E-state index contributed by atoms with van der Waals surface area (Å²) in [7, 11) is 0. The van der Waals surface area contributed by atoms with E-state index in [1.54, 1.807) is 35.5 Å². The van der Waals surface area contributed by atoms with Crippen molar-refractivity contribution in [1.82, 2.24) is 14.4 Å². The zero-order chi connectivity index (χ0) is 13.9. The zero-order valence-corrected chi connectivity index (χ0v) is 12.8. The van der Waals surface area contributed by atoms with Crippen LogP contribution in [-0.4, -0.2) is 20.4 Å². The number of fused-ring (bicyclic) bond motifs is 1. The average molecular weight is 304 g/mol. The zero-order valence-electron chi connectivity index (χ0n) is 11.2. The SMILES string of the molecule is CCC(N)Cc1c(Sc2ccncc2)nc2sccn12. The second-order valence-electron chi connectivity index (χ2n) is 4.58. The van der Waals surface area contributed by atoms with Gasteiger partial charge in [-0.25, -0.2) is 4.98 Å². The second-order valence-corrected chi connectivity index (χ2v) is 6.51. The Balaban J connectivity index is 1.96. The monoisotopic (exact) mass is 304 g/mol. The largest absolute Gasteiger partial charge is 0.327 e. The van der Waals surface area contributed by atoms with Crippen LogP contribution in [-0.2, 0) is 6.42 Å². The van der Waals surface area contributed by atoms with Crippen LogP contribution in [0.1, 0.15) is 19.0 Å². The van der Waals surface area contributed by atoms with Gasteiger partial charge < -0.3 is 5.73 Å². The molecule has 0 radical (unpaired) electrons. The van der Waals surface area contributed by atoms with Gasteiger partial charge in [0.15, 0.2) is 4.96 Å². The molecule has 4 nitrogen and oxygen atoms in total. The van der Waals surface area contributed by atoms with E-state index in [4.69, 9.17) is 10.7 Å². The van der Waals surface area contributed by atoms with Crippen LogP contribution in [0.15, 0.2) is 46.0 Å². The van der Waals surface area contributed by atoms with Crippen LogP contribution >= 0.6 is 23.1 Å². The number of pyridine rings is 1. The van der Waals surface area contributed by atoms with Crippen molar-refractivity contribution >= 4 is 28.1 Å². The predicted octanol–water partition coefficient (Wildman–Crippen LogP) is 3.22. The fourth-order valence-corrected chi connectivity index (χ4v) is 3.69. The Hall–Kier alpha value is -1.37. The summed E-state index contributed by atoms with van der Waals surface area (Å²) in [6.07, 6.45) is 7.50. The van der Waals surface area contributed by atoms with Crippen molar-refractivity contribution in [2.24, 2.45) is 5.73 Å². The van der Waals surface area contributed by atoms with Gasteiger partial charge in [-0.2, -0.15) is 0 Å². The molecule has 0 aromatic carbocycles. The maximum Gasteiger partial charge on any atom is 0.194 e. The first-order valence-electron chi connectivity index (χ1n) is 6.55. The van der Waals surface area contributed by atoms with E-state index in [0.717, 1.165) is 27.7 Å². The third-order valence-electron chi connectivity index (χ3n) is 3.17. The molecule has 6 heteroatoms. The van der Waals surface area contributed by atoms with Gasteiger partial charge >= 0.3 is 0 Å². The Bertz CT molecular complexity index is 690. The molecule has 0 saturated heterocycles. The average Bonchev–Trinajstić information content (AvgIpc) is 3.03. The van der Waals surface area contributed by atoms with Crippen LogP contribution in [0.5, 0.6) is 0 Å². The van der Waals surface area contributed by atoms with E-state index in [1.807, 2.05) is 12.1 Å². The number of nitrogens with zero attached hydrogens (tertiary/aromatic N) is 3. The Morgan fingerprint density at radius 2 is 2.20 bits per heavy atom. The van der Waals surface area contributed by atoms with Gasteiger partial charge in [-0.3, -0.25) is 9.38 Å². The first-order valence-corrected chi connectivity index (χ1v) is 8.25. The highest BCUT2D eigenvalue weighted by molar-refractivity contribution is 7.99. The lowest BCUT2D eigenvalue weighted by Gasteiger charge is -2.09. The van der Waals surface area contributed by atoms with Gasteiger partial charge in [-0.15, -0.1) is 11.3 Å². The first kappa shape index (κ1) is 13.6. The molecule has 1 atom stereocenters. The maximum absolute atomic E-state index is 6.13. The summed E-state index contributed by atoms with van der Waals surface area (Å²) in [6.45, 7) is 2.12. The molecule has 0 saturated carbocycles. The lowest BCUT2D eigenvalue weighted by Crippen LogP contribution is -2.22. The van der Waals surface area contributed by atoms with E-state index < -0.39 is 0 Å². The molecule has 0 spiro atoms. The molecule has 0 aliphatic rings. The van der Waals surface area contributed by atoms with Crippen molar-refractivity contribution < 1.29 is 0 Å². The standard InChI is InChI=1S/C14H16N4S2/c1-2-10(15)9-12-13(17-14-18(12)7-8-19-14)20-11-3-5-16-6-4-11/h3-8,10H,2,9,15H2,1H3. The molecule has 3 aromatic rings. The normalized spacial score (nSPS) is 12.9. The fraction of sp³-hybridized carbons (Fsp3) is 0.286. The molecule has 0 aliphatic carbocycles. The summed E-state index contributed by atoms with van der Waals surface area (Å²) in [4.78, 5) is 10.9. The number of hydrogen-bond acceptors (Lipinski definition) is 5. The molecular formula is C14H16N4S2. The topological polar surface area (TPSA) is 56.2 Å². The van der Waals surface area contributed by atoms with E-state index in [0.29, 0.717) is 0 Å². The van der Waals surface area contributed by atoms with Gasteiger partial charge in [-0.05, 0) is 18.6 Å². The summed E-state index contributed by atoms with van der Waals surface area (Å²) in [6, 6.07) is 4.18. The smallest absolute Gasteiger partial charge is 0.194 e. The number of thiazole rings is 1. The van der Waals surface area contributed by atoms with Crippen LogP contribution in [0.3, 0.4) is 0 Å². The molecule has 3 aromatic heterocycles. The molecule has 20 heavy (non-hydrogen) atoms. The number of rotatable bonds is 5. The summed E-state index contributed by atoms with van der Waals surface area (Å²) in [5.41, 5.74) is 7.34. The van der Waals surface area contributed by atoms with Gasteiger partial charge in [0.2, 0.25) is 0 Å². The molecule has 1 unspecified atom stereocenters. The van der Waals surface area contributed by atoms with Gasteiger partial charge in [0.05, 0.1) is 5.69 Å². The van der Waals surface area contributed by atoms with Gasteiger partial charge in [0.1, 0.15) is 5.03 Å². The van der Waals surface area contributed by atoms with Crippen molar-refractivity contribution in [2.75, 3.05) is 0 Å². The van der Waals surface area contributed by atoms with Crippen molar-refractivity contribution in [3.8, 4) is 0 Å². The third-order valence-corrected chi connectivity index (χ3v) is 4.95. The second kappa shape index (κ2) is 5.95. The number of aromatic nitrogens is 3. The Kier molecular flexibility index (Phi) is 4.05. The van der Waals surface area contributed by atoms with Crippen LogP contribution in [0.2, 0.25) is 0 Å². The first-order chi connectivity index (χ1) is 9.78. The maximum atomic E-state index is 6.13. The summed E-state index contributed by atoms with van der Waals surface area (Å²) in [5.74, 6) is 0. The lowest BCUT2D eigenvalue weighted by atomic mass is 10.1. The summed E-state index contributed by atoms with van der Waals surface area (Å²) < 4.78 is 2.16. The Morgan fingerprint density at radius 1 is 1.40 bits per heavy atom. The highest BCUT2D eigenvalue weighted by Crippen LogP contribution is 2.32. The summed E-state index contributed by atoms with van der Waals surface area (Å²) in [5, 5.41) is 3.11. The van der Waals surface area contributed by atoms with Gasteiger partial charge in [0, 0.05) is 41.3 Å². The molecule has 3 heterocycles. The van der Waals surface area contributed by atoms with Crippen molar-refractivity contribution in [2.45, 2.75) is 35.7 Å². The van der Waals surface area contributed by atoms with Gasteiger partial charge in [0.25, 0.3) is 0 Å². The van der Waals surface area contributed by atoms with Crippen molar-refractivity contribution in [3.05, 3.63) is 41.8 Å². The van der Waals surface area contributed by atoms with E-state index in [9.17, 15) is 0 Å². The van der Waals surface area contributed by atoms with Crippen LogP contribution < -0.4 is 5.73 Å². The number of hydrogen-bond donors (Lipinski definition) is 1. The molecular weight excluding hydrogens is 288 g/mol. The highest BCUT2D eigenvalue weighted by atomic mass is 32.2. The van der Waals surface area contributed by atoms with E-state index in [-0.39, 0.29) is 6.04 Å². The molecule has 0 bridgehead atoms. The minimum atomic E-state index is 0.173. The summed E-state index contributed by atoms with van der Waals surface area (Å²) >= 11 is 3.33. The molecule has 104 valence electrons. The molecule has 0 aliphatic heterocycles. The van der Waals surface area contributed by atoms with Crippen LogP contribution in [0.25, 0.3) is 4.96 Å². The number of imidazole rings is 1. The van der Waals surface area contributed by atoms with Gasteiger partial charge in [-0.1, -0.05) is 18.7 Å². The fourth-order valence-electron chi connectivity index (χ4n) is 1.99. The highest BCUT2D eigenvalue weighted by Gasteiger charge is 2.16. The molecule has 0 amide bonds. The minimum Gasteiger partial charge on any atom is -0.327 e. The predicted molar refractivity (Wildman–Crippen MR) is 83.4 cm³/mol. The van der Waals surface area contributed by atoms with Crippen molar-refractivity contribution in [3.63, 3.8) is 0 Å². The van der Waals surface area contributed by atoms with Crippen LogP contribution in [0, 0.1) is 0 Å².